The minimum absolute atomic E-state index is 1.01. The molecular weight excluding hydrogens is 236 g/mol. The van der Waals surface area contributed by atoms with Crippen molar-refractivity contribution in [1.82, 2.24) is 15.3 Å². The van der Waals surface area contributed by atoms with Crippen LogP contribution in [0.1, 0.15) is 44.4 Å². The van der Waals surface area contributed by atoms with Gasteiger partial charge in [-0.3, -0.25) is 0 Å². The molecule has 0 spiro atoms. The van der Waals surface area contributed by atoms with Gasteiger partial charge in [-0.25, -0.2) is 9.97 Å². The molecule has 106 valence electrons. The standard InChI is InChI=1S/C15H26N4/c1-3-16-10-11-19(4-2)15-13-8-6-5-7-9-14(13)17-12-18-15/h12,16H,3-11H2,1-2H3. The van der Waals surface area contributed by atoms with Crippen LogP contribution in [-0.4, -0.2) is 36.1 Å². The summed E-state index contributed by atoms with van der Waals surface area (Å²) in [5.41, 5.74) is 2.68. The van der Waals surface area contributed by atoms with Crippen molar-refractivity contribution in [1.29, 1.82) is 0 Å². The van der Waals surface area contributed by atoms with Crippen molar-refractivity contribution >= 4 is 5.82 Å². The molecule has 0 fully saturated rings. The van der Waals surface area contributed by atoms with Gasteiger partial charge in [0.25, 0.3) is 0 Å². The molecular formula is C15H26N4. The van der Waals surface area contributed by atoms with E-state index < -0.39 is 0 Å². The molecule has 0 atom stereocenters. The summed E-state index contributed by atoms with van der Waals surface area (Å²) < 4.78 is 0. The van der Waals surface area contributed by atoms with Crippen molar-refractivity contribution < 1.29 is 0 Å². The van der Waals surface area contributed by atoms with Crippen LogP contribution >= 0.6 is 0 Å². The normalized spacial score (nSPS) is 14.8. The van der Waals surface area contributed by atoms with Crippen LogP contribution in [-0.2, 0) is 12.8 Å². The highest BCUT2D eigenvalue weighted by molar-refractivity contribution is 5.49. The second kappa shape index (κ2) is 7.43. The highest BCUT2D eigenvalue weighted by Gasteiger charge is 2.17. The van der Waals surface area contributed by atoms with Gasteiger partial charge in [0.1, 0.15) is 12.1 Å². The summed E-state index contributed by atoms with van der Waals surface area (Å²) in [7, 11) is 0. The predicted octanol–water partition coefficient (Wildman–Crippen LogP) is 2.18. The first-order valence-electron chi connectivity index (χ1n) is 7.65. The van der Waals surface area contributed by atoms with E-state index in [2.05, 4.69) is 34.0 Å². The lowest BCUT2D eigenvalue weighted by Gasteiger charge is -2.25. The highest BCUT2D eigenvalue weighted by Crippen LogP contribution is 2.26. The molecule has 1 heterocycles. The minimum atomic E-state index is 1.01. The SMILES string of the molecule is CCNCCN(CC)c1ncnc2c1CCCCC2. The van der Waals surface area contributed by atoms with Gasteiger partial charge >= 0.3 is 0 Å². The molecule has 4 nitrogen and oxygen atoms in total. The van der Waals surface area contributed by atoms with Gasteiger partial charge in [-0.05, 0) is 39.2 Å². The first-order chi connectivity index (χ1) is 9.36. The number of hydrogen-bond donors (Lipinski definition) is 1. The monoisotopic (exact) mass is 262 g/mol. The van der Waals surface area contributed by atoms with E-state index in [1.54, 1.807) is 6.33 Å². The van der Waals surface area contributed by atoms with Crippen LogP contribution in [0, 0.1) is 0 Å². The smallest absolute Gasteiger partial charge is 0.135 e. The maximum Gasteiger partial charge on any atom is 0.135 e. The molecule has 1 aromatic heterocycles. The quantitative estimate of drug-likeness (QED) is 0.630. The molecule has 1 aliphatic carbocycles. The third kappa shape index (κ3) is 3.66. The lowest BCUT2D eigenvalue weighted by atomic mass is 10.1. The number of likely N-dealkylation sites (N-methyl/N-ethyl adjacent to an activating group) is 2. The molecule has 0 saturated heterocycles. The van der Waals surface area contributed by atoms with Crippen LogP contribution in [0.3, 0.4) is 0 Å². The van der Waals surface area contributed by atoms with Crippen molar-refractivity contribution in [2.75, 3.05) is 31.1 Å². The van der Waals surface area contributed by atoms with Crippen molar-refractivity contribution in [3.63, 3.8) is 0 Å². The topological polar surface area (TPSA) is 41.0 Å². The Morgan fingerprint density at radius 3 is 2.79 bits per heavy atom. The lowest BCUT2D eigenvalue weighted by molar-refractivity contribution is 0.678. The van der Waals surface area contributed by atoms with E-state index in [0.29, 0.717) is 0 Å². The van der Waals surface area contributed by atoms with Crippen LogP contribution in [0.4, 0.5) is 5.82 Å². The van der Waals surface area contributed by atoms with Gasteiger partial charge < -0.3 is 10.2 Å². The average molecular weight is 262 g/mol. The number of aryl methyl sites for hydroxylation is 1. The van der Waals surface area contributed by atoms with E-state index in [0.717, 1.165) is 39.0 Å². The van der Waals surface area contributed by atoms with Crippen LogP contribution in [0.2, 0.25) is 0 Å². The zero-order valence-corrected chi connectivity index (χ0v) is 12.3. The molecule has 1 aromatic rings. The zero-order valence-electron chi connectivity index (χ0n) is 12.3. The van der Waals surface area contributed by atoms with Gasteiger partial charge in [-0.2, -0.15) is 0 Å². The van der Waals surface area contributed by atoms with Crippen molar-refractivity contribution in [2.24, 2.45) is 0 Å². The van der Waals surface area contributed by atoms with E-state index in [9.17, 15) is 0 Å². The van der Waals surface area contributed by atoms with E-state index in [-0.39, 0.29) is 0 Å². The molecule has 0 bridgehead atoms. The maximum atomic E-state index is 4.57. The molecule has 1 aliphatic rings. The molecule has 19 heavy (non-hydrogen) atoms. The average Bonchev–Trinajstić information content (AvgIpc) is 2.69. The lowest BCUT2D eigenvalue weighted by Crippen LogP contribution is -2.33. The second-order valence-corrected chi connectivity index (χ2v) is 5.12. The summed E-state index contributed by atoms with van der Waals surface area (Å²) in [5.74, 6) is 1.17. The predicted molar refractivity (Wildman–Crippen MR) is 79.7 cm³/mol. The molecule has 0 saturated carbocycles. The van der Waals surface area contributed by atoms with Gasteiger partial charge in [-0.1, -0.05) is 13.3 Å². The number of nitrogens with zero attached hydrogens (tertiary/aromatic N) is 3. The number of rotatable bonds is 6. The van der Waals surface area contributed by atoms with Gasteiger partial charge in [0.05, 0.1) is 0 Å². The fourth-order valence-corrected chi connectivity index (χ4v) is 2.76. The largest absolute Gasteiger partial charge is 0.355 e. The molecule has 4 heteroatoms. The van der Waals surface area contributed by atoms with E-state index >= 15 is 0 Å². The van der Waals surface area contributed by atoms with Crippen LogP contribution in [0.15, 0.2) is 6.33 Å². The Morgan fingerprint density at radius 1 is 1.16 bits per heavy atom. The zero-order chi connectivity index (χ0) is 13.5. The molecule has 0 unspecified atom stereocenters. The fraction of sp³-hybridized carbons (Fsp3) is 0.733. The third-order valence-electron chi connectivity index (χ3n) is 3.84. The van der Waals surface area contributed by atoms with Crippen LogP contribution < -0.4 is 10.2 Å². The number of hydrogen-bond acceptors (Lipinski definition) is 4. The van der Waals surface area contributed by atoms with Crippen LogP contribution in [0.25, 0.3) is 0 Å². The maximum absolute atomic E-state index is 4.57. The van der Waals surface area contributed by atoms with Gasteiger partial charge in [0.15, 0.2) is 0 Å². The summed E-state index contributed by atoms with van der Waals surface area (Å²) in [4.78, 5) is 11.5. The first-order valence-corrected chi connectivity index (χ1v) is 7.65. The summed E-state index contributed by atoms with van der Waals surface area (Å²) in [5, 5.41) is 3.39. The number of fused-ring (bicyclic) bond motifs is 1. The van der Waals surface area contributed by atoms with Crippen LogP contribution in [0.5, 0.6) is 0 Å². The molecule has 1 N–H and O–H groups in total. The molecule has 2 rings (SSSR count). The molecule has 0 radical (unpaired) electrons. The number of nitrogens with one attached hydrogen (secondary N) is 1. The summed E-state index contributed by atoms with van der Waals surface area (Å²) in [6, 6.07) is 0. The van der Waals surface area contributed by atoms with Crippen molar-refractivity contribution in [2.45, 2.75) is 46.0 Å². The Bertz CT molecular complexity index is 392. The van der Waals surface area contributed by atoms with Gasteiger partial charge in [-0.15, -0.1) is 0 Å². The summed E-state index contributed by atoms with van der Waals surface area (Å²) in [6.45, 7) is 8.43. The fourth-order valence-electron chi connectivity index (χ4n) is 2.76. The Morgan fingerprint density at radius 2 is 2.00 bits per heavy atom. The Hall–Kier alpha value is -1.16. The third-order valence-corrected chi connectivity index (χ3v) is 3.84. The van der Waals surface area contributed by atoms with Gasteiger partial charge in [0.2, 0.25) is 0 Å². The Kier molecular flexibility index (Phi) is 5.58. The number of aromatic nitrogens is 2. The van der Waals surface area contributed by atoms with E-state index in [1.807, 2.05) is 0 Å². The minimum Gasteiger partial charge on any atom is -0.355 e. The van der Waals surface area contributed by atoms with Gasteiger partial charge in [0, 0.05) is 30.9 Å². The Balaban J connectivity index is 2.17. The molecule has 0 aromatic carbocycles. The highest BCUT2D eigenvalue weighted by atomic mass is 15.2. The second-order valence-electron chi connectivity index (χ2n) is 5.12. The van der Waals surface area contributed by atoms with E-state index in [4.69, 9.17) is 0 Å². The first kappa shape index (κ1) is 14.3. The Labute approximate surface area is 116 Å². The van der Waals surface area contributed by atoms with Crippen molar-refractivity contribution in [3.8, 4) is 0 Å². The molecule has 0 amide bonds. The summed E-state index contributed by atoms with van der Waals surface area (Å²) in [6.07, 6.45) is 7.87. The number of anilines is 1. The molecule has 0 aliphatic heterocycles. The van der Waals surface area contributed by atoms with Crippen molar-refractivity contribution in [3.05, 3.63) is 17.6 Å². The summed E-state index contributed by atoms with van der Waals surface area (Å²) >= 11 is 0. The van der Waals surface area contributed by atoms with E-state index in [1.165, 1.54) is 36.3 Å².